The maximum Gasteiger partial charge on any atom is 0.162 e. The third-order valence-electron chi connectivity index (χ3n) is 4.39. The van der Waals surface area contributed by atoms with E-state index >= 15 is 0 Å². The molecule has 27 heavy (non-hydrogen) atoms. The number of halogens is 1. The molecule has 4 heteroatoms. The first-order chi connectivity index (χ1) is 13.0. The van der Waals surface area contributed by atoms with Gasteiger partial charge in [-0.15, -0.1) is 0 Å². The van der Waals surface area contributed by atoms with Gasteiger partial charge in [0, 0.05) is 21.7 Å². The molecule has 3 aromatic carbocycles. The Kier molecular flexibility index (Phi) is 5.65. The fraction of sp³-hybridized carbons (Fsp3) is 0.0435. The molecule has 0 aliphatic rings. The van der Waals surface area contributed by atoms with Crippen LogP contribution in [0.2, 0.25) is 5.02 Å². The lowest BCUT2D eigenvalue weighted by Crippen LogP contribution is -2.05. The lowest BCUT2D eigenvalue weighted by Gasteiger charge is -2.19. The molecule has 0 aliphatic carbocycles. The average Bonchev–Trinajstić information content (AvgIpc) is 2.68. The highest BCUT2D eigenvalue weighted by Gasteiger charge is 2.20. The van der Waals surface area contributed by atoms with Crippen molar-refractivity contribution in [3.8, 4) is 5.75 Å². The van der Waals surface area contributed by atoms with E-state index < -0.39 is 0 Å². The summed E-state index contributed by atoms with van der Waals surface area (Å²) >= 11 is 6.42. The second-order valence-corrected chi connectivity index (χ2v) is 6.55. The van der Waals surface area contributed by atoms with Gasteiger partial charge >= 0.3 is 0 Å². The van der Waals surface area contributed by atoms with Gasteiger partial charge in [-0.3, -0.25) is 0 Å². The second kappa shape index (κ2) is 8.12. The molecular formula is C23H20ClNO2. The van der Waals surface area contributed by atoms with Gasteiger partial charge in [0.2, 0.25) is 0 Å². The van der Waals surface area contributed by atoms with E-state index in [1.807, 2.05) is 55.5 Å². The van der Waals surface area contributed by atoms with Crippen LogP contribution in [0.25, 0.3) is 16.9 Å². The summed E-state index contributed by atoms with van der Waals surface area (Å²) in [4.78, 5) is 5.32. The van der Waals surface area contributed by atoms with Crippen molar-refractivity contribution in [1.29, 1.82) is 0 Å². The Bertz CT molecular complexity index is 1010. The Morgan fingerprint density at radius 1 is 0.926 bits per heavy atom. The molecule has 136 valence electrons. The van der Waals surface area contributed by atoms with Gasteiger partial charge in [-0.05, 0) is 54.0 Å². The predicted octanol–water partition coefficient (Wildman–Crippen LogP) is 5.83. The summed E-state index contributed by atoms with van der Waals surface area (Å²) in [7, 11) is 0. The molecule has 3 N–H and O–H groups in total. The monoisotopic (exact) mass is 377 g/mol. The molecule has 0 amide bonds. The van der Waals surface area contributed by atoms with E-state index in [1.54, 1.807) is 24.3 Å². The van der Waals surface area contributed by atoms with E-state index in [1.165, 1.54) is 0 Å². The Morgan fingerprint density at radius 3 is 2.11 bits per heavy atom. The van der Waals surface area contributed by atoms with Crippen molar-refractivity contribution in [3.05, 3.63) is 107 Å². The third kappa shape index (κ3) is 3.90. The SMILES string of the molecule is C=C(/C(=C(\ON)c1ccc(O)cc1)c1ccccc1C)c1ccccc1Cl. The molecule has 0 bridgehead atoms. The fourth-order valence-electron chi connectivity index (χ4n) is 3.00. The molecule has 0 radical (unpaired) electrons. The van der Waals surface area contributed by atoms with Gasteiger partial charge in [-0.2, -0.15) is 5.90 Å². The fourth-order valence-corrected chi connectivity index (χ4v) is 3.25. The number of hydrogen-bond donors (Lipinski definition) is 2. The van der Waals surface area contributed by atoms with Gasteiger partial charge in [0.1, 0.15) is 5.75 Å². The van der Waals surface area contributed by atoms with Gasteiger partial charge < -0.3 is 9.94 Å². The molecule has 3 nitrogen and oxygen atoms in total. The standard InChI is InChI=1S/C23H20ClNO2/c1-15-7-3-4-8-19(15)22(16(2)20-9-5-6-10-21(20)24)23(27-25)17-11-13-18(26)14-12-17/h3-14,26H,2,25H2,1H3/b23-22+. The van der Waals surface area contributed by atoms with Gasteiger partial charge in [0.25, 0.3) is 0 Å². The molecule has 0 aromatic heterocycles. The Morgan fingerprint density at radius 2 is 1.52 bits per heavy atom. The smallest absolute Gasteiger partial charge is 0.162 e. The van der Waals surface area contributed by atoms with E-state index in [2.05, 4.69) is 6.58 Å². The minimum Gasteiger partial charge on any atom is -0.508 e. The average molecular weight is 378 g/mol. The number of phenols is 1. The first-order valence-corrected chi connectivity index (χ1v) is 8.81. The van der Waals surface area contributed by atoms with E-state index in [0.717, 1.165) is 27.8 Å². The number of hydrogen-bond acceptors (Lipinski definition) is 3. The molecule has 0 saturated carbocycles. The van der Waals surface area contributed by atoms with E-state index in [4.69, 9.17) is 22.3 Å². The van der Waals surface area contributed by atoms with Crippen LogP contribution in [0.4, 0.5) is 0 Å². The number of allylic oxidation sites excluding steroid dienone is 2. The van der Waals surface area contributed by atoms with Crippen molar-refractivity contribution in [2.75, 3.05) is 0 Å². The summed E-state index contributed by atoms with van der Waals surface area (Å²) in [5.41, 5.74) is 4.95. The Balaban J connectivity index is 2.30. The van der Waals surface area contributed by atoms with Crippen LogP contribution in [0.5, 0.6) is 5.75 Å². The largest absolute Gasteiger partial charge is 0.508 e. The summed E-state index contributed by atoms with van der Waals surface area (Å²) in [6.07, 6.45) is 0. The summed E-state index contributed by atoms with van der Waals surface area (Å²) in [5.74, 6) is 6.31. The van der Waals surface area contributed by atoms with Crippen LogP contribution in [-0.2, 0) is 4.84 Å². The Labute approximate surface area is 163 Å². The van der Waals surface area contributed by atoms with Crippen LogP contribution in [-0.4, -0.2) is 5.11 Å². The van der Waals surface area contributed by atoms with Crippen molar-refractivity contribution in [2.45, 2.75) is 6.92 Å². The van der Waals surface area contributed by atoms with Crippen LogP contribution in [0, 0.1) is 6.92 Å². The minimum absolute atomic E-state index is 0.164. The molecule has 0 saturated heterocycles. The summed E-state index contributed by atoms with van der Waals surface area (Å²) in [6, 6.07) is 22.1. The van der Waals surface area contributed by atoms with Crippen LogP contribution in [0.1, 0.15) is 22.3 Å². The molecule has 3 aromatic rings. The summed E-state index contributed by atoms with van der Waals surface area (Å²) < 4.78 is 0. The van der Waals surface area contributed by atoms with Crippen molar-refractivity contribution in [1.82, 2.24) is 0 Å². The number of benzene rings is 3. The molecule has 0 fully saturated rings. The van der Waals surface area contributed by atoms with E-state index in [-0.39, 0.29) is 5.75 Å². The maximum absolute atomic E-state index is 9.61. The zero-order valence-electron chi connectivity index (χ0n) is 14.9. The zero-order valence-corrected chi connectivity index (χ0v) is 15.7. The summed E-state index contributed by atoms with van der Waals surface area (Å²) in [6.45, 7) is 6.30. The maximum atomic E-state index is 9.61. The molecule has 0 unspecified atom stereocenters. The topological polar surface area (TPSA) is 55.5 Å². The van der Waals surface area contributed by atoms with Crippen molar-refractivity contribution in [3.63, 3.8) is 0 Å². The van der Waals surface area contributed by atoms with Crippen LogP contribution in [0.3, 0.4) is 0 Å². The highest BCUT2D eigenvalue weighted by atomic mass is 35.5. The molecule has 0 aliphatic heterocycles. The van der Waals surface area contributed by atoms with Crippen molar-refractivity contribution < 1.29 is 9.94 Å². The lowest BCUT2D eigenvalue weighted by atomic mass is 9.88. The van der Waals surface area contributed by atoms with Gasteiger partial charge in [-0.25, -0.2) is 0 Å². The lowest BCUT2D eigenvalue weighted by molar-refractivity contribution is 0.292. The van der Waals surface area contributed by atoms with Crippen molar-refractivity contribution in [2.24, 2.45) is 5.90 Å². The summed E-state index contributed by atoms with van der Waals surface area (Å²) in [5, 5.41) is 10.2. The molecule has 0 heterocycles. The van der Waals surface area contributed by atoms with Crippen LogP contribution >= 0.6 is 11.6 Å². The minimum atomic E-state index is 0.164. The van der Waals surface area contributed by atoms with E-state index in [9.17, 15) is 5.11 Å². The first-order valence-electron chi connectivity index (χ1n) is 8.43. The highest BCUT2D eigenvalue weighted by Crippen LogP contribution is 2.40. The van der Waals surface area contributed by atoms with Gasteiger partial charge in [0.05, 0.1) is 0 Å². The molecular weight excluding hydrogens is 358 g/mol. The van der Waals surface area contributed by atoms with Crippen molar-refractivity contribution >= 4 is 28.5 Å². The number of phenolic OH excluding ortho intramolecular Hbond substituents is 1. The molecule has 0 spiro atoms. The number of aromatic hydroxyl groups is 1. The molecule has 3 rings (SSSR count). The van der Waals surface area contributed by atoms with E-state index in [0.29, 0.717) is 16.4 Å². The zero-order chi connectivity index (χ0) is 19.4. The van der Waals surface area contributed by atoms with Gasteiger partial charge in [-0.1, -0.05) is 60.6 Å². The quantitative estimate of drug-likeness (QED) is 0.255. The third-order valence-corrected chi connectivity index (χ3v) is 4.72. The predicted molar refractivity (Wildman–Crippen MR) is 112 cm³/mol. The first kappa shape index (κ1) is 18.8. The number of rotatable bonds is 5. The van der Waals surface area contributed by atoms with Crippen LogP contribution < -0.4 is 5.90 Å². The van der Waals surface area contributed by atoms with Crippen LogP contribution in [0.15, 0.2) is 79.4 Å². The Hall–Kier alpha value is -3.01. The number of nitrogens with two attached hydrogens (primary N) is 1. The van der Waals surface area contributed by atoms with Gasteiger partial charge in [0.15, 0.2) is 5.76 Å². The molecule has 0 atom stereocenters. The second-order valence-electron chi connectivity index (χ2n) is 6.14. The normalized spacial score (nSPS) is 11.7. The highest BCUT2D eigenvalue weighted by molar-refractivity contribution is 6.33. The number of aryl methyl sites for hydroxylation is 1.